The van der Waals surface area contributed by atoms with Crippen molar-refractivity contribution >= 4 is 16.7 Å². The second-order valence-electron chi connectivity index (χ2n) is 6.45. The van der Waals surface area contributed by atoms with E-state index in [4.69, 9.17) is 0 Å². The van der Waals surface area contributed by atoms with Crippen molar-refractivity contribution in [1.29, 1.82) is 0 Å². The second-order valence-corrected chi connectivity index (χ2v) is 8.36. The molecule has 6 heteroatoms. The molecule has 1 atom stereocenters. The summed E-state index contributed by atoms with van der Waals surface area (Å²) in [6.07, 6.45) is -0.571. The van der Waals surface area contributed by atoms with Gasteiger partial charge in [0.2, 0.25) is 0 Å². The number of nitrogens with zero attached hydrogens (tertiary/aromatic N) is 1. The fraction of sp³-hybridized carbons (Fsp3) is 0.588. The van der Waals surface area contributed by atoms with Gasteiger partial charge in [-0.1, -0.05) is 44.0 Å². The minimum Gasteiger partial charge on any atom is -0.234 e. The molecule has 0 aliphatic rings. The smallest absolute Gasteiger partial charge is 0.234 e. The van der Waals surface area contributed by atoms with Crippen molar-refractivity contribution in [2.75, 3.05) is 0 Å². The summed E-state index contributed by atoms with van der Waals surface area (Å²) in [6, 6.07) is 6.19. The summed E-state index contributed by atoms with van der Waals surface area (Å²) in [7, 11) is -1.96. The first-order valence-electron chi connectivity index (χ1n) is 7.73. The Balaban J connectivity index is 3.05. The fourth-order valence-electron chi connectivity index (χ4n) is 1.90. The number of halogens is 3. The molecule has 0 saturated heterocycles. The highest BCUT2D eigenvalue weighted by atomic mass is 32.2. The molecule has 0 bridgehead atoms. The van der Waals surface area contributed by atoms with Gasteiger partial charge < -0.3 is 0 Å². The van der Waals surface area contributed by atoms with E-state index in [0.717, 1.165) is 31.2 Å². The van der Waals surface area contributed by atoms with Crippen molar-refractivity contribution in [2.45, 2.75) is 64.3 Å². The van der Waals surface area contributed by atoms with Crippen molar-refractivity contribution in [3.8, 4) is 0 Å². The quantitative estimate of drug-likeness (QED) is 0.511. The summed E-state index contributed by atoms with van der Waals surface area (Å²) in [6.45, 7) is 6.89. The Morgan fingerprint density at radius 2 is 1.65 bits per heavy atom. The zero-order valence-electron chi connectivity index (χ0n) is 14.0. The third-order valence-electron chi connectivity index (χ3n) is 3.26. The van der Waals surface area contributed by atoms with Gasteiger partial charge in [-0.15, -0.1) is 0 Å². The molecule has 0 spiro atoms. The minimum absolute atomic E-state index is 0.0469. The first-order valence-corrected chi connectivity index (χ1v) is 8.83. The summed E-state index contributed by atoms with van der Waals surface area (Å²) in [5, 5.41) is 0. The zero-order chi connectivity index (χ0) is 17.7. The lowest BCUT2D eigenvalue weighted by Crippen LogP contribution is -2.28. The highest BCUT2D eigenvalue weighted by Crippen LogP contribution is 2.25. The summed E-state index contributed by atoms with van der Waals surface area (Å²) in [5.41, 5.74) is -0.124. The van der Waals surface area contributed by atoms with E-state index in [2.05, 4.69) is 11.3 Å². The lowest BCUT2D eigenvalue weighted by Gasteiger charge is -2.16. The van der Waals surface area contributed by atoms with Gasteiger partial charge in [-0.2, -0.15) is 17.6 Å². The van der Waals surface area contributed by atoms with E-state index < -0.39 is 27.6 Å². The normalized spacial score (nSPS) is 14.8. The van der Waals surface area contributed by atoms with Crippen LogP contribution in [0.3, 0.4) is 0 Å². The average molecular weight is 347 g/mol. The number of benzene rings is 1. The monoisotopic (exact) mass is 347 g/mol. The van der Waals surface area contributed by atoms with Crippen molar-refractivity contribution in [2.24, 2.45) is 4.40 Å². The molecule has 0 saturated carbocycles. The van der Waals surface area contributed by atoms with Crippen molar-refractivity contribution in [3.63, 3.8) is 0 Å². The largest absolute Gasteiger partial charge is 0.434 e. The topological polar surface area (TPSA) is 29.4 Å². The number of unbranched alkanes of at least 4 members (excludes halogenated alkanes) is 2. The molecule has 1 aromatic rings. The Labute approximate surface area is 138 Å². The predicted molar refractivity (Wildman–Crippen MR) is 90.2 cm³/mol. The first kappa shape index (κ1) is 19.9. The van der Waals surface area contributed by atoms with Crippen LogP contribution in [0.4, 0.5) is 13.2 Å². The van der Waals surface area contributed by atoms with Gasteiger partial charge in [0.25, 0.3) is 0 Å². The maximum absolute atomic E-state index is 13.2. The Kier molecular flexibility index (Phi) is 6.99. The molecule has 0 aliphatic carbocycles. The standard InChI is InChI=1S/C17H24F3NOS/c1-5-6-7-8-13-9-11-14(12-10-13)15(17(18,19)20)21-23(22)16(2,3)4/h9-12H,5-8H2,1-4H3/b21-15+/t23-/m0/s1. The molecule has 0 aliphatic heterocycles. The molecule has 0 amide bonds. The van der Waals surface area contributed by atoms with Gasteiger partial charge in [-0.25, -0.2) is 4.21 Å². The van der Waals surface area contributed by atoms with Crippen LogP contribution in [-0.2, 0) is 17.4 Å². The number of hydrogen-bond donors (Lipinski definition) is 0. The molecule has 0 fully saturated rings. The van der Waals surface area contributed by atoms with E-state index in [1.54, 1.807) is 32.9 Å². The van der Waals surface area contributed by atoms with Crippen LogP contribution in [0.15, 0.2) is 28.7 Å². The van der Waals surface area contributed by atoms with Crippen molar-refractivity contribution in [3.05, 3.63) is 35.4 Å². The van der Waals surface area contributed by atoms with E-state index in [-0.39, 0.29) is 5.56 Å². The summed E-state index contributed by atoms with van der Waals surface area (Å²) >= 11 is 0. The number of alkyl halides is 3. The molecule has 0 aromatic heterocycles. The van der Waals surface area contributed by atoms with Gasteiger partial charge in [0.05, 0.1) is 4.75 Å². The van der Waals surface area contributed by atoms with Crippen LogP contribution in [0.5, 0.6) is 0 Å². The van der Waals surface area contributed by atoms with Crippen LogP contribution in [0.1, 0.15) is 58.1 Å². The summed E-state index contributed by atoms with van der Waals surface area (Å²) in [4.78, 5) is 0. The maximum Gasteiger partial charge on any atom is 0.434 e. The van der Waals surface area contributed by atoms with Gasteiger partial charge in [-0.05, 0) is 39.2 Å². The highest BCUT2D eigenvalue weighted by Gasteiger charge is 2.38. The molecule has 130 valence electrons. The Morgan fingerprint density at radius 1 is 1.09 bits per heavy atom. The van der Waals surface area contributed by atoms with E-state index in [0.29, 0.717) is 0 Å². The number of rotatable bonds is 6. The van der Waals surface area contributed by atoms with Crippen LogP contribution >= 0.6 is 0 Å². The van der Waals surface area contributed by atoms with E-state index in [1.165, 1.54) is 12.1 Å². The zero-order valence-corrected chi connectivity index (χ0v) is 14.9. The van der Waals surface area contributed by atoms with Crippen LogP contribution in [0.25, 0.3) is 0 Å². The van der Waals surface area contributed by atoms with Crippen LogP contribution in [0.2, 0.25) is 0 Å². The molecule has 0 N–H and O–H groups in total. The van der Waals surface area contributed by atoms with Gasteiger partial charge in [-0.3, -0.25) is 0 Å². The Morgan fingerprint density at radius 3 is 2.09 bits per heavy atom. The van der Waals surface area contributed by atoms with Gasteiger partial charge in [0.15, 0.2) is 5.71 Å². The first-order chi connectivity index (χ1) is 10.6. The van der Waals surface area contributed by atoms with Crippen LogP contribution in [0, 0.1) is 0 Å². The third kappa shape index (κ3) is 6.45. The molecule has 0 heterocycles. The minimum atomic E-state index is -4.63. The van der Waals surface area contributed by atoms with E-state index in [1.807, 2.05) is 0 Å². The fourth-order valence-corrected chi connectivity index (χ4v) is 2.54. The Hall–Kier alpha value is -1.17. The molecule has 1 rings (SSSR count). The number of hydrogen-bond acceptors (Lipinski definition) is 1. The lowest BCUT2D eigenvalue weighted by atomic mass is 10.0. The molecule has 23 heavy (non-hydrogen) atoms. The second kappa shape index (κ2) is 8.08. The van der Waals surface area contributed by atoms with E-state index >= 15 is 0 Å². The van der Waals surface area contributed by atoms with Crippen LogP contribution < -0.4 is 0 Å². The predicted octanol–water partition coefficient (Wildman–Crippen LogP) is 5.23. The molecule has 2 nitrogen and oxygen atoms in total. The maximum atomic E-state index is 13.2. The molecule has 0 radical (unpaired) electrons. The highest BCUT2D eigenvalue weighted by molar-refractivity contribution is 7.85. The van der Waals surface area contributed by atoms with Crippen molar-refractivity contribution in [1.82, 2.24) is 0 Å². The SMILES string of the molecule is CCCCCc1ccc(/C(=N\[S@@](=O)C(C)(C)C)C(F)(F)F)cc1. The van der Waals surface area contributed by atoms with Crippen molar-refractivity contribution < 1.29 is 17.4 Å². The lowest BCUT2D eigenvalue weighted by molar-refractivity contribution is -0.0578. The molecular weight excluding hydrogens is 323 g/mol. The molecular formula is C17H24F3NOS. The van der Waals surface area contributed by atoms with Gasteiger partial charge in [0, 0.05) is 5.56 Å². The van der Waals surface area contributed by atoms with E-state index in [9.17, 15) is 17.4 Å². The number of aryl methyl sites for hydroxylation is 1. The average Bonchev–Trinajstić information content (AvgIpc) is 2.43. The molecule has 1 aromatic carbocycles. The van der Waals surface area contributed by atoms with Gasteiger partial charge >= 0.3 is 6.18 Å². The Bertz CT molecular complexity index is 557. The van der Waals surface area contributed by atoms with Crippen LogP contribution in [-0.4, -0.2) is 20.8 Å². The molecule has 0 unspecified atom stereocenters. The summed E-state index contributed by atoms with van der Waals surface area (Å²) in [5.74, 6) is 0. The third-order valence-corrected chi connectivity index (χ3v) is 4.66. The van der Waals surface area contributed by atoms with Gasteiger partial charge in [0.1, 0.15) is 11.0 Å². The summed E-state index contributed by atoms with van der Waals surface area (Å²) < 4.78 is 54.3.